The molecule has 0 saturated carbocycles. The Morgan fingerprint density at radius 1 is 1.54 bits per heavy atom. The number of nitrogens with zero attached hydrogens (tertiary/aromatic N) is 3. The zero-order valence-corrected chi connectivity index (χ0v) is 6.81. The van der Waals surface area contributed by atoms with E-state index in [1.54, 1.807) is 28.9 Å². The molecule has 64 valence electrons. The van der Waals surface area contributed by atoms with Crippen molar-refractivity contribution in [1.82, 2.24) is 9.38 Å². The highest BCUT2D eigenvalue weighted by molar-refractivity contribution is 5.44. The summed E-state index contributed by atoms with van der Waals surface area (Å²) in [6, 6.07) is 5.48. The van der Waals surface area contributed by atoms with E-state index in [1.165, 1.54) is 0 Å². The Kier molecular flexibility index (Phi) is 1.72. The van der Waals surface area contributed by atoms with Crippen molar-refractivity contribution >= 4 is 5.65 Å². The molecule has 0 fully saturated rings. The van der Waals surface area contributed by atoms with E-state index in [0.717, 1.165) is 5.65 Å². The number of hydrogen-bond donors (Lipinski definition) is 1. The molecule has 0 amide bonds. The summed E-state index contributed by atoms with van der Waals surface area (Å²) in [5.74, 6) is 0. The standard InChI is InChI=1S/C9H7N3O/c10-3-7-1-2-9-11-4-8(6-13)12(9)5-7/h1-2,4-5,13H,6H2. The van der Waals surface area contributed by atoms with Crippen LogP contribution in [0, 0.1) is 11.3 Å². The maximum atomic E-state index is 8.94. The first-order valence-corrected chi connectivity index (χ1v) is 3.82. The Morgan fingerprint density at radius 2 is 2.38 bits per heavy atom. The number of rotatable bonds is 1. The molecule has 2 heterocycles. The fourth-order valence-electron chi connectivity index (χ4n) is 1.21. The van der Waals surface area contributed by atoms with Crippen molar-refractivity contribution in [1.29, 1.82) is 5.26 Å². The van der Waals surface area contributed by atoms with Crippen LogP contribution in [0.2, 0.25) is 0 Å². The summed E-state index contributed by atoms with van der Waals surface area (Å²) in [5.41, 5.74) is 1.98. The normalized spacial score (nSPS) is 10.2. The lowest BCUT2D eigenvalue weighted by atomic mass is 10.3. The summed E-state index contributed by atoms with van der Waals surface area (Å²) in [6.07, 6.45) is 3.25. The average Bonchev–Trinajstić information content (AvgIpc) is 2.59. The zero-order chi connectivity index (χ0) is 9.26. The molecule has 4 nitrogen and oxygen atoms in total. The minimum Gasteiger partial charge on any atom is -0.390 e. The second-order valence-corrected chi connectivity index (χ2v) is 2.67. The average molecular weight is 173 g/mol. The molecule has 0 saturated heterocycles. The van der Waals surface area contributed by atoms with Crippen LogP contribution in [0.4, 0.5) is 0 Å². The Balaban J connectivity index is 2.73. The first-order chi connectivity index (χ1) is 6.35. The second-order valence-electron chi connectivity index (χ2n) is 2.67. The van der Waals surface area contributed by atoms with Gasteiger partial charge in [-0.3, -0.25) is 0 Å². The summed E-state index contributed by atoms with van der Waals surface area (Å²) < 4.78 is 1.71. The van der Waals surface area contributed by atoms with Crippen LogP contribution in [0.25, 0.3) is 5.65 Å². The molecule has 0 aliphatic carbocycles. The number of aliphatic hydroxyl groups is 1. The third kappa shape index (κ3) is 1.15. The molecular formula is C9H7N3O. The van der Waals surface area contributed by atoms with E-state index in [0.29, 0.717) is 11.3 Å². The molecule has 2 rings (SSSR count). The Hall–Kier alpha value is -1.86. The van der Waals surface area contributed by atoms with Crippen LogP contribution >= 0.6 is 0 Å². The van der Waals surface area contributed by atoms with Gasteiger partial charge in [-0.15, -0.1) is 0 Å². The van der Waals surface area contributed by atoms with Crippen molar-refractivity contribution in [3.05, 3.63) is 35.8 Å². The minimum absolute atomic E-state index is 0.0734. The van der Waals surface area contributed by atoms with Gasteiger partial charge in [0.1, 0.15) is 11.7 Å². The maximum absolute atomic E-state index is 8.94. The van der Waals surface area contributed by atoms with Crippen LogP contribution in [0.15, 0.2) is 24.5 Å². The lowest BCUT2D eigenvalue weighted by Gasteiger charge is -1.97. The number of aromatic nitrogens is 2. The van der Waals surface area contributed by atoms with Gasteiger partial charge in [-0.1, -0.05) is 0 Å². The van der Waals surface area contributed by atoms with Crippen molar-refractivity contribution in [3.63, 3.8) is 0 Å². The van der Waals surface area contributed by atoms with Crippen molar-refractivity contribution in [2.75, 3.05) is 0 Å². The Bertz CT molecular complexity index is 481. The molecule has 2 aromatic heterocycles. The van der Waals surface area contributed by atoms with Gasteiger partial charge in [-0.25, -0.2) is 4.98 Å². The number of nitriles is 1. The van der Waals surface area contributed by atoms with E-state index < -0.39 is 0 Å². The SMILES string of the molecule is N#Cc1ccc2ncc(CO)n2c1. The lowest BCUT2D eigenvalue weighted by molar-refractivity contribution is 0.276. The maximum Gasteiger partial charge on any atom is 0.137 e. The van der Waals surface area contributed by atoms with Gasteiger partial charge in [0.05, 0.1) is 24.1 Å². The predicted molar refractivity (Wildman–Crippen MR) is 45.8 cm³/mol. The van der Waals surface area contributed by atoms with Crippen LogP contribution in [0.3, 0.4) is 0 Å². The van der Waals surface area contributed by atoms with Crippen LogP contribution in [-0.4, -0.2) is 14.5 Å². The van der Waals surface area contributed by atoms with Gasteiger partial charge in [0.15, 0.2) is 0 Å². The molecular weight excluding hydrogens is 166 g/mol. The molecule has 0 radical (unpaired) electrons. The van der Waals surface area contributed by atoms with Crippen molar-refractivity contribution in [2.45, 2.75) is 6.61 Å². The van der Waals surface area contributed by atoms with E-state index in [9.17, 15) is 0 Å². The fraction of sp³-hybridized carbons (Fsp3) is 0.111. The third-order valence-corrected chi connectivity index (χ3v) is 1.87. The number of aliphatic hydroxyl groups excluding tert-OH is 1. The molecule has 0 aliphatic rings. The topological polar surface area (TPSA) is 61.3 Å². The van der Waals surface area contributed by atoms with E-state index in [1.807, 2.05) is 6.07 Å². The second kappa shape index (κ2) is 2.88. The minimum atomic E-state index is -0.0734. The number of hydrogen-bond acceptors (Lipinski definition) is 3. The highest BCUT2D eigenvalue weighted by Gasteiger charge is 2.01. The lowest BCUT2D eigenvalue weighted by Crippen LogP contribution is -1.92. The van der Waals surface area contributed by atoms with E-state index in [2.05, 4.69) is 4.98 Å². The molecule has 2 aromatic rings. The van der Waals surface area contributed by atoms with Gasteiger partial charge in [0.2, 0.25) is 0 Å². The van der Waals surface area contributed by atoms with Crippen LogP contribution in [0.1, 0.15) is 11.3 Å². The molecule has 0 atom stereocenters. The Morgan fingerprint density at radius 3 is 3.08 bits per heavy atom. The van der Waals surface area contributed by atoms with E-state index >= 15 is 0 Å². The zero-order valence-electron chi connectivity index (χ0n) is 6.81. The van der Waals surface area contributed by atoms with E-state index in [4.69, 9.17) is 10.4 Å². The molecule has 4 heteroatoms. The molecule has 13 heavy (non-hydrogen) atoms. The van der Waals surface area contributed by atoms with Gasteiger partial charge in [-0.2, -0.15) is 5.26 Å². The van der Waals surface area contributed by atoms with Gasteiger partial charge in [0, 0.05) is 6.20 Å². The highest BCUT2D eigenvalue weighted by Crippen LogP contribution is 2.08. The predicted octanol–water partition coefficient (Wildman–Crippen LogP) is 0.698. The molecule has 0 spiro atoms. The summed E-state index contributed by atoms with van der Waals surface area (Å²) in [4.78, 5) is 4.06. The molecule has 0 unspecified atom stereocenters. The quantitative estimate of drug-likeness (QED) is 0.690. The molecule has 0 aromatic carbocycles. The first-order valence-electron chi connectivity index (χ1n) is 3.82. The molecule has 0 bridgehead atoms. The number of imidazole rings is 1. The van der Waals surface area contributed by atoms with Crippen molar-refractivity contribution in [3.8, 4) is 6.07 Å². The van der Waals surface area contributed by atoms with Gasteiger partial charge < -0.3 is 9.51 Å². The van der Waals surface area contributed by atoms with Crippen molar-refractivity contribution < 1.29 is 5.11 Å². The highest BCUT2D eigenvalue weighted by atomic mass is 16.3. The smallest absolute Gasteiger partial charge is 0.137 e. The summed E-state index contributed by atoms with van der Waals surface area (Å²) in [5, 5.41) is 17.6. The number of pyridine rings is 1. The Labute approximate surface area is 74.7 Å². The fourth-order valence-corrected chi connectivity index (χ4v) is 1.21. The first kappa shape index (κ1) is 7.77. The number of fused-ring (bicyclic) bond motifs is 1. The third-order valence-electron chi connectivity index (χ3n) is 1.87. The van der Waals surface area contributed by atoms with E-state index in [-0.39, 0.29) is 6.61 Å². The van der Waals surface area contributed by atoms with Crippen LogP contribution in [-0.2, 0) is 6.61 Å². The molecule has 0 aliphatic heterocycles. The van der Waals surface area contributed by atoms with Crippen LogP contribution < -0.4 is 0 Å². The monoisotopic (exact) mass is 173 g/mol. The van der Waals surface area contributed by atoms with Gasteiger partial charge in [0.25, 0.3) is 0 Å². The van der Waals surface area contributed by atoms with Crippen molar-refractivity contribution in [2.24, 2.45) is 0 Å². The summed E-state index contributed by atoms with van der Waals surface area (Å²) in [6.45, 7) is -0.0734. The van der Waals surface area contributed by atoms with Gasteiger partial charge in [-0.05, 0) is 12.1 Å². The van der Waals surface area contributed by atoms with Crippen LogP contribution in [0.5, 0.6) is 0 Å². The largest absolute Gasteiger partial charge is 0.390 e. The van der Waals surface area contributed by atoms with Gasteiger partial charge >= 0.3 is 0 Å². The summed E-state index contributed by atoms with van der Waals surface area (Å²) >= 11 is 0. The summed E-state index contributed by atoms with van der Waals surface area (Å²) in [7, 11) is 0. The molecule has 1 N–H and O–H groups in total.